The van der Waals surface area contributed by atoms with Crippen LogP contribution in [0.3, 0.4) is 0 Å². The van der Waals surface area contributed by atoms with Gasteiger partial charge in [0.1, 0.15) is 0 Å². The van der Waals surface area contributed by atoms with Crippen LogP contribution < -0.4 is 5.32 Å². The second kappa shape index (κ2) is 6.19. The first-order valence-electron chi connectivity index (χ1n) is 6.08. The molecule has 0 aliphatic rings. The Labute approximate surface area is 121 Å². The molecule has 1 aromatic carbocycles. The maximum atomic E-state index is 12.0. The lowest BCUT2D eigenvalue weighted by atomic mass is 9.87. The molecule has 0 aromatic heterocycles. The molecule has 0 spiro atoms. The quantitative estimate of drug-likeness (QED) is 0.873. The molecule has 19 heavy (non-hydrogen) atoms. The largest absolute Gasteiger partial charge is 0.481 e. The lowest BCUT2D eigenvalue weighted by molar-refractivity contribution is -0.147. The van der Waals surface area contributed by atoms with E-state index in [1.165, 1.54) is 0 Å². The van der Waals surface area contributed by atoms with Crippen LogP contribution in [0.1, 0.15) is 36.2 Å². The van der Waals surface area contributed by atoms with E-state index in [0.717, 1.165) is 10.0 Å². The summed E-state index contributed by atoms with van der Waals surface area (Å²) in [6.07, 6.45) is 0.460. The Hall–Kier alpha value is -1.36. The Bertz CT molecular complexity index is 501. The zero-order valence-electron chi connectivity index (χ0n) is 11.3. The average molecular weight is 328 g/mol. The van der Waals surface area contributed by atoms with Crippen LogP contribution in [0, 0.1) is 12.3 Å². The number of carboxylic acids is 1. The number of halogens is 1. The maximum Gasteiger partial charge on any atom is 0.311 e. The van der Waals surface area contributed by atoms with Crippen LogP contribution in [-0.2, 0) is 4.79 Å². The van der Waals surface area contributed by atoms with Gasteiger partial charge in [0.2, 0.25) is 0 Å². The molecule has 0 aliphatic carbocycles. The highest BCUT2D eigenvalue weighted by molar-refractivity contribution is 9.10. The van der Waals surface area contributed by atoms with E-state index < -0.39 is 11.4 Å². The minimum absolute atomic E-state index is 0.118. The maximum absolute atomic E-state index is 12.0. The van der Waals surface area contributed by atoms with E-state index in [1.807, 2.05) is 13.0 Å². The Morgan fingerprint density at radius 1 is 1.42 bits per heavy atom. The summed E-state index contributed by atoms with van der Waals surface area (Å²) >= 11 is 3.34. The number of aryl methyl sites for hydroxylation is 1. The minimum Gasteiger partial charge on any atom is -0.481 e. The molecule has 0 aliphatic heterocycles. The van der Waals surface area contributed by atoms with Gasteiger partial charge < -0.3 is 10.4 Å². The summed E-state index contributed by atoms with van der Waals surface area (Å²) in [6, 6.07) is 5.36. The van der Waals surface area contributed by atoms with Gasteiger partial charge in [0.25, 0.3) is 5.91 Å². The molecule has 1 atom stereocenters. The summed E-state index contributed by atoms with van der Waals surface area (Å²) in [4.78, 5) is 23.2. The van der Waals surface area contributed by atoms with E-state index >= 15 is 0 Å². The van der Waals surface area contributed by atoms with Crippen LogP contribution in [0.5, 0.6) is 0 Å². The minimum atomic E-state index is -0.932. The Morgan fingerprint density at radius 2 is 2.05 bits per heavy atom. The SMILES string of the molecule is CCC(C)(CNC(=O)c1ccc(Br)cc1C)C(=O)O. The summed E-state index contributed by atoms with van der Waals surface area (Å²) in [5.74, 6) is -1.14. The zero-order valence-corrected chi connectivity index (χ0v) is 12.9. The van der Waals surface area contributed by atoms with Crippen molar-refractivity contribution < 1.29 is 14.7 Å². The average Bonchev–Trinajstić information content (AvgIpc) is 2.35. The predicted molar refractivity (Wildman–Crippen MR) is 77.2 cm³/mol. The van der Waals surface area contributed by atoms with Gasteiger partial charge in [-0.05, 0) is 44.0 Å². The van der Waals surface area contributed by atoms with Crippen LogP contribution in [0.2, 0.25) is 0 Å². The normalized spacial score (nSPS) is 13.7. The third-order valence-corrected chi connectivity index (χ3v) is 3.86. The summed E-state index contributed by atoms with van der Waals surface area (Å²) in [7, 11) is 0. The number of carbonyl (C=O) groups is 2. The lowest BCUT2D eigenvalue weighted by Crippen LogP contribution is -2.40. The van der Waals surface area contributed by atoms with Crippen molar-refractivity contribution in [2.45, 2.75) is 27.2 Å². The molecule has 1 rings (SSSR count). The molecule has 0 heterocycles. The third kappa shape index (κ3) is 3.80. The summed E-state index contributed by atoms with van der Waals surface area (Å²) < 4.78 is 0.908. The van der Waals surface area contributed by atoms with Crippen molar-refractivity contribution in [3.05, 3.63) is 33.8 Å². The van der Waals surface area contributed by atoms with E-state index in [0.29, 0.717) is 12.0 Å². The number of aliphatic carboxylic acids is 1. The number of rotatable bonds is 5. The van der Waals surface area contributed by atoms with Crippen LogP contribution in [0.15, 0.2) is 22.7 Å². The van der Waals surface area contributed by atoms with Crippen LogP contribution >= 0.6 is 15.9 Å². The fourth-order valence-electron chi connectivity index (χ4n) is 1.60. The molecular weight excluding hydrogens is 310 g/mol. The third-order valence-electron chi connectivity index (χ3n) is 3.37. The second-order valence-corrected chi connectivity index (χ2v) is 5.78. The van der Waals surface area contributed by atoms with Gasteiger partial charge in [-0.3, -0.25) is 9.59 Å². The van der Waals surface area contributed by atoms with Crippen LogP contribution in [0.4, 0.5) is 0 Å². The van der Waals surface area contributed by atoms with Gasteiger partial charge in [0, 0.05) is 16.6 Å². The molecule has 1 unspecified atom stereocenters. The van der Waals surface area contributed by atoms with E-state index in [1.54, 1.807) is 26.0 Å². The van der Waals surface area contributed by atoms with Gasteiger partial charge in [-0.25, -0.2) is 0 Å². The first-order valence-corrected chi connectivity index (χ1v) is 6.87. The van der Waals surface area contributed by atoms with Crippen LogP contribution in [0.25, 0.3) is 0 Å². The molecule has 0 saturated heterocycles. The Morgan fingerprint density at radius 3 is 2.53 bits per heavy atom. The molecule has 4 nitrogen and oxygen atoms in total. The van der Waals surface area contributed by atoms with E-state index in [4.69, 9.17) is 5.11 Å². The van der Waals surface area contributed by atoms with Crippen molar-refractivity contribution in [3.63, 3.8) is 0 Å². The lowest BCUT2D eigenvalue weighted by Gasteiger charge is -2.23. The van der Waals surface area contributed by atoms with Gasteiger partial charge in [0.05, 0.1) is 5.41 Å². The summed E-state index contributed by atoms with van der Waals surface area (Å²) in [6.45, 7) is 5.39. The highest BCUT2D eigenvalue weighted by Crippen LogP contribution is 2.21. The van der Waals surface area contributed by atoms with Gasteiger partial charge in [-0.2, -0.15) is 0 Å². The molecule has 0 saturated carbocycles. The number of benzene rings is 1. The number of carboxylic acid groups (broad SMARTS) is 1. The van der Waals surface area contributed by atoms with Crippen molar-refractivity contribution in [2.75, 3.05) is 6.54 Å². The molecule has 0 bridgehead atoms. The molecular formula is C14H18BrNO3. The van der Waals surface area contributed by atoms with Crippen molar-refractivity contribution in [1.82, 2.24) is 5.32 Å². The van der Waals surface area contributed by atoms with Gasteiger partial charge in [-0.1, -0.05) is 22.9 Å². The highest BCUT2D eigenvalue weighted by Gasteiger charge is 2.31. The van der Waals surface area contributed by atoms with Gasteiger partial charge in [-0.15, -0.1) is 0 Å². The first kappa shape index (κ1) is 15.7. The van der Waals surface area contributed by atoms with Gasteiger partial charge >= 0.3 is 5.97 Å². The number of nitrogens with one attached hydrogen (secondary N) is 1. The molecule has 0 fully saturated rings. The monoisotopic (exact) mass is 327 g/mol. The van der Waals surface area contributed by atoms with Crippen molar-refractivity contribution in [2.24, 2.45) is 5.41 Å². The molecule has 0 radical (unpaired) electrons. The predicted octanol–water partition coefficient (Wildman–Crippen LogP) is 2.99. The topological polar surface area (TPSA) is 66.4 Å². The molecule has 104 valence electrons. The second-order valence-electron chi connectivity index (χ2n) is 4.86. The number of hydrogen-bond donors (Lipinski definition) is 2. The highest BCUT2D eigenvalue weighted by atomic mass is 79.9. The van der Waals surface area contributed by atoms with Crippen LogP contribution in [-0.4, -0.2) is 23.5 Å². The number of hydrogen-bond acceptors (Lipinski definition) is 2. The zero-order chi connectivity index (χ0) is 14.6. The van der Waals surface area contributed by atoms with Gasteiger partial charge in [0.15, 0.2) is 0 Å². The summed E-state index contributed by atoms with van der Waals surface area (Å²) in [5, 5.41) is 11.8. The first-order chi connectivity index (χ1) is 8.80. The summed E-state index contributed by atoms with van der Waals surface area (Å²) in [5.41, 5.74) is 0.478. The van der Waals surface area contributed by atoms with Crippen molar-refractivity contribution in [3.8, 4) is 0 Å². The van der Waals surface area contributed by atoms with E-state index in [-0.39, 0.29) is 12.5 Å². The molecule has 1 amide bonds. The van der Waals surface area contributed by atoms with Crippen molar-refractivity contribution in [1.29, 1.82) is 0 Å². The standard InChI is InChI=1S/C14H18BrNO3/c1-4-14(3,13(18)19)8-16-12(17)11-6-5-10(15)7-9(11)2/h5-7H,4,8H2,1-3H3,(H,16,17)(H,18,19). The van der Waals surface area contributed by atoms with E-state index in [2.05, 4.69) is 21.2 Å². The molecule has 5 heteroatoms. The Kier molecular flexibility index (Phi) is 5.11. The Balaban J connectivity index is 2.78. The van der Waals surface area contributed by atoms with Crippen molar-refractivity contribution >= 4 is 27.8 Å². The fourth-order valence-corrected chi connectivity index (χ4v) is 2.08. The number of carbonyl (C=O) groups excluding carboxylic acids is 1. The number of amides is 1. The molecule has 2 N–H and O–H groups in total. The van der Waals surface area contributed by atoms with E-state index in [9.17, 15) is 9.59 Å². The fraction of sp³-hybridized carbons (Fsp3) is 0.429. The smallest absolute Gasteiger partial charge is 0.311 e. The molecule has 1 aromatic rings.